The lowest BCUT2D eigenvalue weighted by Crippen LogP contribution is -2.30. The van der Waals surface area contributed by atoms with Crippen molar-refractivity contribution in [3.8, 4) is 0 Å². The minimum Gasteiger partial charge on any atom is -0.384 e. The van der Waals surface area contributed by atoms with E-state index in [1.807, 2.05) is 6.92 Å². The van der Waals surface area contributed by atoms with Crippen LogP contribution in [0.15, 0.2) is 12.3 Å². The summed E-state index contributed by atoms with van der Waals surface area (Å²) in [4.78, 5) is 15.2. The molecule has 1 rings (SSSR count). The number of nitrogens with zero attached hydrogens (tertiary/aromatic N) is 1. The topological polar surface area (TPSA) is 77.2 Å². The molecule has 0 aromatic carbocycles. The largest absolute Gasteiger partial charge is 0.384 e. The Bertz CT molecular complexity index is 398. The van der Waals surface area contributed by atoms with Crippen molar-refractivity contribution in [2.45, 2.75) is 6.92 Å². The Labute approximate surface area is 99.2 Å². The van der Waals surface area contributed by atoms with Crippen molar-refractivity contribution in [3.63, 3.8) is 0 Å². The maximum Gasteiger partial charge on any atom is 0.254 e. The zero-order valence-electron chi connectivity index (χ0n) is 9.87. The number of carbonyl (C=O) groups excluding carboxylic acids is 1. The summed E-state index contributed by atoms with van der Waals surface area (Å²) >= 11 is 0. The Balaban J connectivity index is 2.61. The van der Waals surface area contributed by atoms with Gasteiger partial charge in [-0.2, -0.15) is 0 Å². The molecule has 0 bridgehead atoms. The summed E-state index contributed by atoms with van der Waals surface area (Å²) in [6.07, 6.45) is 1.30. The van der Waals surface area contributed by atoms with Gasteiger partial charge in [0.15, 0.2) is 11.6 Å². The van der Waals surface area contributed by atoms with E-state index in [2.05, 4.69) is 10.3 Å². The molecule has 94 valence electrons. The van der Waals surface area contributed by atoms with Gasteiger partial charge in [-0.05, 0) is 12.0 Å². The predicted molar refractivity (Wildman–Crippen MR) is 62.0 cm³/mol. The van der Waals surface area contributed by atoms with E-state index in [1.54, 1.807) is 7.11 Å². The Morgan fingerprint density at radius 2 is 2.41 bits per heavy atom. The summed E-state index contributed by atoms with van der Waals surface area (Å²) in [5, 5.41) is 2.61. The van der Waals surface area contributed by atoms with Gasteiger partial charge < -0.3 is 15.8 Å². The van der Waals surface area contributed by atoms with Crippen molar-refractivity contribution in [1.82, 2.24) is 10.3 Å². The molecule has 1 amide bonds. The Hall–Kier alpha value is -1.69. The molecule has 0 spiro atoms. The first kappa shape index (κ1) is 13.4. The number of nitrogens with one attached hydrogen (secondary N) is 1. The number of nitrogens with two attached hydrogens (primary N) is 1. The van der Waals surface area contributed by atoms with Crippen LogP contribution in [0.1, 0.15) is 17.3 Å². The minimum atomic E-state index is -0.788. The molecule has 1 unspecified atom stereocenters. The lowest BCUT2D eigenvalue weighted by molar-refractivity contribution is 0.0930. The van der Waals surface area contributed by atoms with E-state index >= 15 is 0 Å². The fraction of sp³-hybridized carbons (Fsp3) is 0.455. The number of methoxy groups -OCH3 is 1. The van der Waals surface area contributed by atoms with E-state index in [4.69, 9.17) is 10.5 Å². The van der Waals surface area contributed by atoms with Crippen molar-refractivity contribution >= 4 is 11.7 Å². The van der Waals surface area contributed by atoms with Crippen molar-refractivity contribution in [3.05, 3.63) is 23.6 Å². The van der Waals surface area contributed by atoms with Gasteiger partial charge in [0.25, 0.3) is 5.91 Å². The van der Waals surface area contributed by atoms with Crippen LogP contribution in [-0.4, -0.2) is 31.2 Å². The Kier molecular flexibility index (Phi) is 4.84. The van der Waals surface area contributed by atoms with Gasteiger partial charge in [-0.25, -0.2) is 9.37 Å². The van der Waals surface area contributed by atoms with Crippen molar-refractivity contribution in [1.29, 1.82) is 0 Å². The molecular weight excluding hydrogens is 225 g/mol. The van der Waals surface area contributed by atoms with Gasteiger partial charge >= 0.3 is 0 Å². The van der Waals surface area contributed by atoms with Crippen molar-refractivity contribution in [2.24, 2.45) is 5.92 Å². The van der Waals surface area contributed by atoms with Crippen LogP contribution in [0.5, 0.6) is 0 Å². The highest BCUT2D eigenvalue weighted by molar-refractivity contribution is 5.95. The Morgan fingerprint density at radius 1 is 1.71 bits per heavy atom. The number of carbonyl (C=O) groups is 1. The molecule has 3 N–H and O–H groups in total. The third-order valence-electron chi connectivity index (χ3n) is 2.22. The number of hydrogen-bond acceptors (Lipinski definition) is 4. The molecule has 17 heavy (non-hydrogen) atoms. The first-order chi connectivity index (χ1) is 8.06. The van der Waals surface area contributed by atoms with Gasteiger partial charge in [0, 0.05) is 19.9 Å². The van der Waals surface area contributed by atoms with E-state index < -0.39 is 11.7 Å². The molecule has 0 fully saturated rings. The zero-order chi connectivity index (χ0) is 12.8. The molecule has 6 heteroatoms. The number of anilines is 1. The lowest BCUT2D eigenvalue weighted by atomic mass is 10.2. The van der Waals surface area contributed by atoms with Crippen LogP contribution >= 0.6 is 0 Å². The van der Waals surface area contributed by atoms with Crippen molar-refractivity contribution < 1.29 is 13.9 Å². The van der Waals surface area contributed by atoms with E-state index in [0.717, 1.165) is 0 Å². The quantitative estimate of drug-likeness (QED) is 0.800. The maximum atomic E-state index is 13.5. The van der Waals surface area contributed by atoms with E-state index in [9.17, 15) is 9.18 Å². The van der Waals surface area contributed by atoms with Crippen LogP contribution in [0.25, 0.3) is 0 Å². The van der Waals surface area contributed by atoms with Crippen LogP contribution in [-0.2, 0) is 4.74 Å². The van der Waals surface area contributed by atoms with Gasteiger partial charge in [0.1, 0.15) is 0 Å². The number of nitrogen functional groups attached to an aromatic ring is 1. The first-order valence-electron chi connectivity index (χ1n) is 5.23. The monoisotopic (exact) mass is 241 g/mol. The highest BCUT2D eigenvalue weighted by atomic mass is 19.1. The van der Waals surface area contributed by atoms with Gasteiger partial charge in [0.05, 0.1) is 12.2 Å². The maximum absolute atomic E-state index is 13.5. The number of amides is 1. The van der Waals surface area contributed by atoms with Gasteiger partial charge in [0.2, 0.25) is 0 Å². The van der Waals surface area contributed by atoms with Crippen LogP contribution in [0, 0.1) is 11.7 Å². The molecule has 0 aliphatic rings. The molecule has 0 saturated heterocycles. The number of aromatic nitrogens is 1. The normalized spacial score (nSPS) is 12.2. The van der Waals surface area contributed by atoms with Crippen LogP contribution in [0.4, 0.5) is 10.2 Å². The molecule has 5 nitrogen and oxygen atoms in total. The van der Waals surface area contributed by atoms with E-state index in [0.29, 0.717) is 13.2 Å². The second-order valence-corrected chi connectivity index (χ2v) is 3.83. The summed E-state index contributed by atoms with van der Waals surface area (Å²) < 4.78 is 18.4. The second kappa shape index (κ2) is 6.15. The first-order valence-corrected chi connectivity index (χ1v) is 5.23. The molecule has 1 heterocycles. The van der Waals surface area contributed by atoms with Crippen molar-refractivity contribution in [2.75, 3.05) is 26.0 Å². The standard InChI is InChI=1S/C11H16FN3O2/c1-7(6-17-2)5-15-11(16)8-3-4-14-10(13)9(8)12/h3-4,7H,5-6H2,1-2H3,(H2,13,14)(H,15,16). The number of rotatable bonds is 5. The fourth-order valence-corrected chi connectivity index (χ4v) is 1.34. The minimum absolute atomic E-state index is 0.0953. The number of hydrogen-bond donors (Lipinski definition) is 2. The van der Waals surface area contributed by atoms with Crippen LogP contribution in [0.3, 0.4) is 0 Å². The third kappa shape index (κ3) is 3.67. The molecule has 1 atom stereocenters. The molecule has 1 aromatic rings. The predicted octanol–water partition coefficient (Wildman–Crippen LogP) is 0.815. The van der Waals surface area contributed by atoms with Gasteiger partial charge in [-0.3, -0.25) is 4.79 Å². The second-order valence-electron chi connectivity index (χ2n) is 3.83. The molecule has 0 radical (unpaired) electrons. The average molecular weight is 241 g/mol. The third-order valence-corrected chi connectivity index (χ3v) is 2.22. The summed E-state index contributed by atoms with van der Waals surface area (Å²) in [5.41, 5.74) is 5.18. The highest BCUT2D eigenvalue weighted by Crippen LogP contribution is 2.11. The number of halogens is 1. The van der Waals surface area contributed by atoms with Gasteiger partial charge in [-0.15, -0.1) is 0 Å². The average Bonchev–Trinajstić information content (AvgIpc) is 2.30. The molecule has 0 aliphatic heterocycles. The lowest BCUT2D eigenvalue weighted by Gasteiger charge is -2.11. The Morgan fingerprint density at radius 3 is 3.06 bits per heavy atom. The highest BCUT2D eigenvalue weighted by Gasteiger charge is 2.14. The summed E-state index contributed by atoms with van der Waals surface area (Å²) in [7, 11) is 1.58. The molecular formula is C11H16FN3O2. The zero-order valence-corrected chi connectivity index (χ0v) is 9.87. The van der Waals surface area contributed by atoms with E-state index in [1.165, 1.54) is 12.3 Å². The summed E-state index contributed by atoms with van der Waals surface area (Å²) in [6, 6.07) is 1.29. The number of pyridine rings is 1. The van der Waals surface area contributed by atoms with Gasteiger partial charge in [-0.1, -0.05) is 6.92 Å². The summed E-state index contributed by atoms with van der Waals surface area (Å²) in [6.45, 7) is 2.86. The fourth-order valence-electron chi connectivity index (χ4n) is 1.34. The van der Waals surface area contributed by atoms with Crippen LogP contribution < -0.4 is 11.1 Å². The van der Waals surface area contributed by atoms with Crippen LogP contribution in [0.2, 0.25) is 0 Å². The SMILES string of the molecule is COCC(C)CNC(=O)c1ccnc(N)c1F. The molecule has 1 aromatic heterocycles. The number of ether oxygens (including phenoxy) is 1. The smallest absolute Gasteiger partial charge is 0.254 e. The van der Waals surface area contributed by atoms with E-state index in [-0.39, 0.29) is 17.3 Å². The molecule has 0 aliphatic carbocycles. The summed E-state index contributed by atoms with van der Waals surface area (Å²) in [5.74, 6) is -1.40. The molecule has 0 saturated carbocycles.